The van der Waals surface area contributed by atoms with E-state index in [4.69, 9.17) is 9.47 Å². The van der Waals surface area contributed by atoms with Gasteiger partial charge in [0, 0.05) is 44.5 Å². The van der Waals surface area contributed by atoms with Crippen molar-refractivity contribution in [2.24, 2.45) is 10.3 Å². The van der Waals surface area contributed by atoms with E-state index >= 15 is 0 Å². The van der Waals surface area contributed by atoms with Crippen LogP contribution in [-0.4, -0.2) is 55.7 Å². The van der Waals surface area contributed by atoms with Gasteiger partial charge in [0.1, 0.15) is 0 Å². The zero-order chi connectivity index (χ0) is 25.1. The molecule has 0 spiro atoms. The minimum absolute atomic E-state index is 0.191. The summed E-state index contributed by atoms with van der Waals surface area (Å²) < 4.78 is 52.3. The minimum atomic E-state index is -5.09. The highest BCUT2D eigenvalue weighted by Gasteiger charge is 2.64. The molecule has 1 fully saturated rings. The number of esters is 1. The van der Waals surface area contributed by atoms with E-state index in [0.717, 1.165) is 38.0 Å². The maximum Gasteiger partial charge on any atom is 0.432 e. The molecular formula is C22H22F3IN6O3. The standard InChI is InChI=1S/C22H22F3IN6O3/c1-34-21(22(23,24)25,16-8-4-2-5-9-16)20(33)35-19-18(26)28-32(29-27-19)31-14-12-30(13-15-31)17-10-6-3-7-11-17/h2-11,28H,12-15H2,1H3. The number of nitrogens with zero attached hydrogens (tertiary/aromatic N) is 5. The molecule has 2 heterocycles. The molecule has 9 nitrogen and oxygen atoms in total. The summed E-state index contributed by atoms with van der Waals surface area (Å²) in [6, 6.07) is 16.6. The molecule has 2 aliphatic rings. The van der Waals surface area contributed by atoms with Gasteiger partial charge in [-0.25, -0.2) is 4.79 Å². The number of carbonyl (C=O) groups is 1. The molecule has 0 aromatic heterocycles. The second-order valence-electron chi connectivity index (χ2n) is 7.62. The molecule has 4 rings (SSSR count). The van der Waals surface area contributed by atoms with Crippen molar-refractivity contribution >= 4 is 34.2 Å². The Morgan fingerprint density at radius 1 is 1.00 bits per heavy atom. The molecule has 1 N–H and O–H groups in total. The predicted octanol–water partition coefficient (Wildman–Crippen LogP) is 4.12. The normalized spacial score (nSPS) is 18.8. The Bertz CT molecular complexity index is 1090. The van der Waals surface area contributed by atoms with Crippen LogP contribution >= 0.6 is 22.6 Å². The molecule has 0 bridgehead atoms. The topological polar surface area (TPSA) is 82.0 Å². The molecule has 1 unspecified atom stereocenters. The number of hydrogen-bond acceptors (Lipinski definition) is 9. The molecule has 0 amide bonds. The van der Waals surface area contributed by atoms with Crippen LogP contribution in [0.5, 0.6) is 0 Å². The third-order valence-electron chi connectivity index (χ3n) is 5.61. The maximum atomic E-state index is 14.1. The average Bonchev–Trinajstić information content (AvgIpc) is 2.86. The molecule has 35 heavy (non-hydrogen) atoms. The molecule has 2 aliphatic heterocycles. The largest absolute Gasteiger partial charge is 0.432 e. The summed E-state index contributed by atoms with van der Waals surface area (Å²) in [5.74, 6) is -2.06. The van der Waals surface area contributed by atoms with E-state index in [1.165, 1.54) is 23.4 Å². The number of piperazine rings is 1. The number of methoxy groups -OCH3 is 1. The van der Waals surface area contributed by atoms with Gasteiger partial charge in [0.15, 0.2) is 3.70 Å². The van der Waals surface area contributed by atoms with Crippen molar-refractivity contribution in [2.45, 2.75) is 11.8 Å². The Kier molecular flexibility index (Phi) is 7.47. The number of carbonyl (C=O) groups excluding carboxylic acids is 1. The van der Waals surface area contributed by atoms with Crippen LogP contribution in [0, 0.1) is 0 Å². The fourth-order valence-corrected chi connectivity index (χ4v) is 4.24. The number of rotatable bonds is 6. The molecule has 2 aromatic carbocycles. The van der Waals surface area contributed by atoms with Crippen LogP contribution in [0.2, 0.25) is 0 Å². The Morgan fingerprint density at radius 3 is 2.14 bits per heavy atom. The molecule has 0 aliphatic carbocycles. The highest BCUT2D eigenvalue weighted by atomic mass is 127. The summed E-state index contributed by atoms with van der Waals surface area (Å²) in [6.45, 7) is 2.71. The van der Waals surface area contributed by atoms with E-state index in [-0.39, 0.29) is 3.70 Å². The molecule has 186 valence electrons. The highest BCUT2D eigenvalue weighted by Crippen LogP contribution is 2.43. The highest BCUT2D eigenvalue weighted by molar-refractivity contribution is 14.1. The number of halogens is 4. The molecule has 0 saturated carbocycles. The zero-order valence-electron chi connectivity index (χ0n) is 18.6. The first kappa shape index (κ1) is 25.2. The van der Waals surface area contributed by atoms with Crippen molar-refractivity contribution < 1.29 is 27.4 Å². The second-order valence-corrected chi connectivity index (χ2v) is 8.70. The molecule has 1 saturated heterocycles. The monoisotopic (exact) mass is 602 g/mol. The van der Waals surface area contributed by atoms with Crippen LogP contribution in [0.15, 0.2) is 80.6 Å². The van der Waals surface area contributed by atoms with E-state index in [0.29, 0.717) is 13.1 Å². The number of alkyl halides is 3. The maximum absolute atomic E-state index is 14.1. The summed E-state index contributed by atoms with van der Waals surface area (Å²) in [7, 11) is 0.804. The zero-order valence-corrected chi connectivity index (χ0v) is 20.7. The van der Waals surface area contributed by atoms with Crippen molar-refractivity contribution in [1.29, 1.82) is 0 Å². The smallest absolute Gasteiger partial charge is 0.400 e. The molecule has 1 atom stereocenters. The Hall–Kier alpha value is -2.91. The van der Waals surface area contributed by atoms with Crippen LogP contribution < -0.4 is 10.3 Å². The van der Waals surface area contributed by atoms with Gasteiger partial charge >= 0.3 is 12.1 Å². The lowest BCUT2D eigenvalue weighted by Gasteiger charge is -2.40. The summed E-state index contributed by atoms with van der Waals surface area (Å²) >= 11 is 1.79. The lowest BCUT2D eigenvalue weighted by Crippen LogP contribution is -2.56. The van der Waals surface area contributed by atoms with Gasteiger partial charge in [-0.2, -0.15) is 18.2 Å². The van der Waals surface area contributed by atoms with Gasteiger partial charge in [0.05, 0.1) is 0 Å². The van der Waals surface area contributed by atoms with Crippen LogP contribution in [0.3, 0.4) is 0 Å². The van der Waals surface area contributed by atoms with Gasteiger partial charge in [-0.1, -0.05) is 53.6 Å². The molecule has 13 heteroatoms. The van der Waals surface area contributed by atoms with E-state index in [1.54, 1.807) is 22.6 Å². The number of nitrogens with one attached hydrogen (secondary N) is 1. The summed E-state index contributed by atoms with van der Waals surface area (Å²) in [5, 5.41) is 11.1. The van der Waals surface area contributed by atoms with E-state index in [2.05, 4.69) is 20.7 Å². The lowest BCUT2D eigenvalue weighted by molar-refractivity contribution is -0.274. The number of anilines is 1. The van der Waals surface area contributed by atoms with Crippen molar-refractivity contribution in [3.8, 4) is 0 Å². The SMILES string of the molecule is COC(C(=O)OC1=C(I)NN(N2CCN(c3ccccc3)CC2)N=N1)(c1ccccc1)C(F)(F)F. The van der Waals surface area contributed by atoms with Gasteiger partial charge < -0.3 is 14.4 Å². The summed E-state index contributed by atoms with van der Waals surface area (Å²) in [4.78, 5) is 15.1. The number of benzene rings is 2. The number of para-hydroxylation sites is 1. The molecular weight excluding hydrogens is 580 g/mol. The van der Waals surface area contributed by atoms with Gasteiger partial charge in [0.2, 0.25) is 0 Å². The molecule has 0 radical (unpaired) electrons. The van der Waals surface area contributed by atoms with E-state index < -0.39 is 29.2 Å². The van der Waals surface area contributed by atoms with Crippen LogP contribution in [0.4, 0.5) is 18.9 Å². The second kappa shape index (κ2) is 10.4. The van der Waals surface area contributed by atoms with Gasteiger partial charge in [-0.15, -0.1) is 5.23 Å². The number of hydrogen-bond donors (Lipinski definition) is 1. The third-order valence-corrected chi connectivity index (χ3v) is 6.32. The molecule has 2 aromatic rings. The number of ether oxygens (including phenoxy) is 2. The minimum Gasteiger partial charge on any atom is -0.400 e. The van der Waals surface area contributed by atoms with Crippen molar-refractivity contribution in [3.05, 3.63) is 75.8 Å². The van der Waals surface area contributed by atoms with E-state index in [9.17, 15) is 18.0 Å². The average molecular weight is 602 g/mol. The van der Waals surface area contributed by atoms with E-state index in [1.807, 2.05) is 35.3 Å². The van der Waals surface area contributed by atoms with Crippen LogP contribution in [0.25, 0.3) is 0 Å². The first-order chi connectivity index (χ1) is 16.8. The first-order valence-corrected chi connectivity index (χ1v) is 11.7. The third kappa shape index (κ3) is 5.06. The van der Waals surface area contributed by atoms with Crippen molar-refractivity contribution in [1.82, 2.24) is 15.7 Å². The van der Waals surface area contributed by atoms with Crippen LogP contribution in [-0.2, 0) is 19.9 Å². The van der Waals surface area contributed by atoms with Gasteiger partial charge in [0.25, 0.3) is 11.5 Å². The summed E-state index contributed by atoms with van der Waals surface area (Å²) in [6.07, 6.45) is -5.09. The quantitative estimate of drug-likeness (QED) is 0.303. The van der Waals surface area contributed by atoms with Crippen molar-refractivity contribution in [2.75, 3.05) is 38.2 Å². The van der Waals surface area contributed by atoms with Gasteiger partial charge in [-0.3, -0.25) is 5.43 Å². The first-order valence-electron chi connectivity index (χ1n) is 10.6. The number of hydrazine groups is 2. The fourth-order valence-electron chi connectivity index (χ4n) is 3.81. The van der Waals surface area contributed by atoms with Crippen LogP contribution in [0.1, 0.15) is 5.56 Å². The van der Waals surface area contributed by atoms with Crippen molar-refractivity contribution in [3.63, 3.8) is 0 Å². The summed E-state index contributed by atoms with van der Waals surface area (Å²) in [5.41, 5.74) is 0.282. The lowest BCUT2D eigenvalue weighted by atomic mass is 9.93. The van der Waals surface area contributed by atoms with Gasteiger partial charge in [-0.05, 0) is 39.9 Å². The Morgan fingerprint density at radius 2 is 1.60 bits per heavy atom. The Balaban J connectivity index is 1.44. The predicted molar refractivity (Wildman–Crippen MR) is 128 cm³/mol. The fraction of sp³-hybridized carbons (Fsp3) is 0.318. The Labute approximate surface area is 213 Å².